The number of alkyl halides is 3. The van der Waals surface area contributed by atoms with E-state index in [0.717, 1.165) is 16.8 Å². The number of hydrogen-bond acceptors (Lipinski definition) is 4. The Morgan fingerprint density at radius 1 is 1.19 bits per heavy atom. The number of nitrogens with zero attached hydrogens (tertiary/aromatic N) is 1. The molecule has 0 bridgehead atoms. The minimum absolute atomic E-state index is 0.178. The maximum absolute atomic E-state index is 13.0. The molecule has 1 heterocycles. The van der Waals surface area contributed by atoms with Crippen molar-refractivity contribution in [3.05, 3.63) is 53.9 Å². The highest BCUT2D eigenvalue weighted by Gasteiger charge is 2.26. The number of pyridine rings is 1. The Hall–Kier alpha value is -2.45. The van der Waals surface area contributed by atoms with Gasteiger partial charge in [0, 0.05) is 17.8 Å². The Bertz CT molecular complexity index is 721. The molecule has 0 spiro atoms. The fourth-order valence-electron chi connectivity index (χ4n) is 2.40. The first kappa shape index (κ1) is 19.9. The Labute approximate surface area is 149 Å². The average Bonchev–Trinajstić information content (AvgIpc) is 2.65. The molecule has 5 nitrogen and oxygen atoms in total. The van der Waals surface area contributed by atoms with Crippen LogP contribution in [0.5, 0.6) is 0 Å². The van der Waals surface area contributed by atoms with E-state index in [9.17, 15) is 23.1 Å². The van der Waals surface area contributed by atoms with Gasteiger partial charge in [0.15, 0.2) is 0 Å². The van der Waals surface area contributed by atoms with E-state index in [4.69, 9.17) is 5.73 Å². The molecular formula is C18H20F3N3O2. The first-order chi connectivity index (χ1) is 12.3. The maximum Gasteiger partial charge on any atom is 0.315 e. The van der Waals surface area contributed by atoms with Gasteiger partial charge in [-0.05, 0) is 24.1 Å². The van der Waals surface area contributed by atoms with Gasteiger partial charge >= 0.3 is 6.43 Å². The highest BCUT2D eigenvalue weighted by Crippen LogP contribution is 2.24. The summed E-state index contributed by atoms with van der Waals surface area (Å²) in [6.07, 6.45) is -3.06. The summed E-state index contributed by atoms with van der Waals surface area (Å²) in [5.41, 5.74) is 8.43. The number of carbonyl (C=O) groups is 1. The van der Waals surface area contributed by atoms with Crippen molar-refractivity contribution in [3.63, 3.8) is 0 Å². The van der Waals surface area contributed by atoms with Gasteiger partial charge in [0.25, 0.3) is 5.91 Å². The molecule has 0 radical (unpaired) electrons. The molecule has 1 aromatic carbocycles. The third-order valence-electron chi connectivity index (χ3n) is 3.91. The third kappa shape index (κ3) is 4.80. The van der Waals surface area contributed by atoms with Gasteiger partial charge < -0.3 is 16.2 Å². The second-order valence-electron chi connectivity index (χ2n) is 5.90. The van der Waals surface area contributed by atoms with E-state index in [-0.39, 0.29) is 6.04 Å². The fourth-order valence-corrected chi connectivity index (χ4v) is 2.40. The van der Waals surface area contributed by atoms with Crippen molar-refractivity contribution in [2.24, 2.45) is 5.73 Å². The number of amides is 1. The molecule has 0 saturated carbocycles. The number of aliphatic hydroxyl groups is 1. The van der Waals surface area contributed by atoms with E-state index in [0.29, 0.717) is 5.56 Å². The summed E-state index contributed by atoms with van der Waals surface area (Å²) >= 11 is 0. The molecule has 4 N–H and O–H groups in total. The molecule has 2 aromatic rings. The summed E-state index contributed by atoms with van der Waals surface area (Å²) in [7, 11) is 0. The second-order valence-corrected chi connectivity index (χ2v) is 5.90. The van der Waals surface area contributed by atoms with Gasteiger partial charge in [0.05, 0.1) is 11.7 Å². The molecule has 0 aliphatic rings. The van der Waals surface area contributed by atoms with Crippen LogP contribution < -0.4 is 11.1 Å². The van der Waals surface area contributed by atoms with Gasteiger partial charge in [0.2, 0.25) is 0 Å². The summed E-state index contributed by atoms with van der Waals surface area (Å²) in [5.74, 6) is -1.62. The minimum Gasteiger partial charge on any atom is -0.386 e. The second kappa shape index (κ2) is 8.77. The Kier molecular flexibility index (Phi) is 6.70. The number of carbonyl (C=O) groups excluding carboxylic acids is 1. The molecule has 3 atom stereocenters. The lowest BCUT2D eigenvalue weighted by Crippen LogP contribution is -2.43. The predicted octanol–water partition coefficient (Wildman–Crippen LogP) is 2.52. The molecule has 0 fully saturated rings. The zero-order valence-corrected chi connectivity index (χ0v) is 14.1. The monoisotopic (exact) mass is 367 g/mol. The van der Waals surface area contributed by atoms with Crippen molar-refractivity contribution in [3.8, 4) is 11.1 Å². The van der Waals surface area contributed by atoms with Crippen molar-refractivity contribution in [2.75, 3.05) is 6.67 Å². The largest absolute Gasteiger partial charge is 0.386 e. The first-order valence-corrected chi connectivity index (χ1v) is 7.98. The summed E-state index contributed by atoms with van der Waals surface area (Å²) in [5, 5.41) is 11.9. The van der Waals surface area contributed by atoms with Gasteiger partial charge in [-0.1, -0.05) is 30.3 Å². The summed E-state index contributed by atoms with van der Waals surface area (Å²) < 4.78 is 37.6. The van der Waals surface area contributed by atoms with Crippen molar-refractivity contribution in [1.82, 2.24) is 10.3 Å². The first-order valence-electron chi connectivity index (χ1n) is 7.98. The zero-order valence-electron chi connectivity index (χ0n) is 14.1. The van der Waals surface area contributed by atoms with E-state index in [1.54, 1.807) is 23.6 Å². The topological polar surface area (TPSA) is 88.2 Å². The molecule has 0 aliphatic carbocycles. The van der Waals surface area contributed by atoms with Crippen LogP contribution in [0.1, 0.15) is 30.3 Å². The Morgan fingerprint density at radius 2 is 1.81 bits per heavy atom. The molecular weight excluding hydrogens is 347 g/mol. The molecule has 1 aromatic heterocycles. The Morgan fingerprint density at radius 3 is 2.27 bits per heavy atom. The standard InChI is InChI=1S/C18H20F3N3O2/c1-10(22)14-7-6-13(9-23-14)11-2-4-12(5-3-11)16(25)15(8-19)24-18(26)17(20)21/h2-7,9-10,15-17,25H,8,22H2,1H3,(H,24,26)/t10-,15+,16+/m0/s1. The van der Waals surface area contributed by atoms with Crippen molar-refractivity contribution < 1.29 is 23.1 Å². The smallest absolute Gasteiger partial charge is 0.315 e. The van der Waals surface area contributed by atoms with Crippen LogP contribution in [0.3, 0.4) is 0 Å². The van der Waals surface area contributed by atoms with Crippen LogP contribution in [-0.2, 0) is 4.79 Å². The summed E-state index contributed by atoms with van der Waals surface area (Å²) in [6, 6.07) is 8.48. The highest BCUT2D eigenvalue weighted by molar-refractivity contribution is 5.79. The normalized spacial score (nSPS) is 14.7. The molecule has 0 aliphatic heterocycles. The van der Waals surface area contributed by atoms with Gasteiger partial charge in [-0.15, -0.1) is 0 Å². The molecule has 26 heavy (non-hydrogen) atoms. The number of halogens is 3. The van der Waals surface area contributed by atoms with E-state index in [1.807, 2.05) is 19.1 Å². The average molecular weight is 367 g/mol. The van der Waals surface area contributed by atoms with Crippen LogP contribution in [0.2, 0.25) is 0 Å². The lowest BCUT2D eigenvalue weighted by Gasteiger charge is -2.22. The molecule has 1 amide bonds. The molecule has 2 rings (SSSR count). The Balaban J connectivity index is 2.13. The van der Waals surface area contributed by atoms with E-state index in [1.165, 1.54) is 12.1 Å². The number of rotatable bonds is 7. The lowest BCUT2D eigenvalue weighted by atomic mass is 9.99. The van der Waals surface area contributed by atoms with Crippen LogP contribution >= 0.6 is 0 Å². The summed E-state index contributed by atoms with van der Waals surface area (Å²) in [6.45, 7) is 0.649. The maximum atomic E-state index is 13.0. The predicted molar refractivity (Wildman–Crippen MR) is 91.1 cm³/mol. The van der Waals surface area contributed by atoms with Crippen molar-refractivity contribution >= 4 is 5.91 Å². The van der Waals surface area contributed by atoms with Crippen LogP contribution in [0.15, 0.2) is 42.6 Å². The van der Waals surface area contributed by atoms with Gasteiger partial charge in [-0.25, -0.2) is 4.39 Å². The zero-order chi connectivity index (χ0) is 19.3. The fraction of sp³-hybridized carbons (Fsp3) is 0.333. The van der Waals surface area contributed by atoms with Crippen LogP contribution in [-0.4, -0.2) is 35.1 Å². The van der Waals surface area contributed by atoms with Crippen molar-refractivity contribution in [2.45, 2.75) is 31.5 Å². The van der Waals surface area contributed by atoms with Gasteiger partial charge in [0.1, 0.15) is 12.8 Å². The van der Waals surface area contributed by atoms with Crippen LogP contribution in [0.4, 0.5) is 13.2 Å². The van der Waals surface area contributed by atoms with Gasteiger partial charge in [-0.2, -0.15) is 8.78 Å². The molecule has 0 unspecified atom stereocenters. The number of nitrogens with two attached hydrogens (primary N) is 1. The number of nitrogens with one attached hydrogen (secondary N) is 1. The number of aliphatic hydroxyl groups excluding tert-OH is 1. The number of benzene rings is 1. The van der Waals surface area contributed by atoms with Crippen LogP contribution in [0, 0.1) is 0 Å². The molecule has 140 valence electrons. The van der Waals surface area contributed by atoms with Gasteiger partial charge in [-0.3, -0.25) is 9.78 Å². The summed E-state index contributed by atoms with van der Waals surface area (Å²) in [4.78, 5) is 15.3. The van der Waals surface area contributed by atoms with E-state index < -0.39 is 31.2 Å². The minimum atomic E-state index is -3.27. The van der Waals surface area contributed by atoms with Crippen LogP contribution in [0.25, 0.3) is 11.1 Å². The highest BCUT2D eigenvalue weighted by atomic mass is 19.3. The number of aromatic nitrogens is 1. The lowest BCUT2D eigenvalue weighted by molar-refractivity contribution is -0.133. The van der Waals surface area contributed by atoms with Crippen molar-refractivity contribution in [1.29, 1.82) is 0 Å². The third-order valence-corrected chi connectivity index (χ3v) is 3.91. The van der Waals surface area contributed by atoms with E-state index in [2.05, 4.69) is 4.98 Å². The molecule has 0 saturated heterocycles. The van der Waals surface area contributed by atoms with E-state index >= 15 is 0 Å². The molecule has 8 heteroatoms. The quantitative estimate of drug-likeness (QED) is 0.702. The SMILES string of the molecule is C[C@H](N)c1ccc(-c2ccc([C@@H](O)[C@@H](CF)NC(=O)C(F)F)cc2)cn1. The number of hydrogen-bond donors (Lipinski definition) is 3.